The highest BCUT2D eigenvalue weighted by Gasteiger charge is 2.17. The average Bonchev–Trinajstić information content (AvgIpc) is 3.08. The number of aryl methyl sites for hydroxylation is 1. The fourth-order valence-corrected chi connectivity index (χ4v) is 3.72. The number of hydrogen-bond donors (Lipinski definition) is 1. The molecule has 7 heteroatoms. The van der Waals surface area contributed by atoms with Crippen molar-refractivity contribution in [3.05, 3.63) is 28.0 Å². The molecule has 0 amide bonds. The van der Waals surface area contributed by atoms with Gasteiger partial charge in [-0.25, -0.2) is 10.1 Å². The van der Waals surface area contributed by atoms with E-state index in [-0.39, 0.29) is 0 Å². The van der Waals surface area contributed by atoms with Crippen molar-refractivity contribution in [2.24, 2.45) is 0 Å². The molecule has 98 valence electrons. The molecule has 0 aliphatic rings. The predicted octanol–water partition coefficient (Wildman–Crippen LogP) is 4.54. The van der Waals surface area contributed by atoms with Gasteiger partial charge in [-0.3, -0.25) is 0 Å². The Bertz CT molecular complexity index is 724. The molecule has 3 rings (SSSR count). The number of thiazole rings is 1. The van der Waals surface area contributed by atoms with E-state index in [0.29, 0.717) is 10.7 Å². The van der Waals surface area contributed by atoms with Crippen molar-refractivity contribution < 1.29 is 4.42 Å². The first-order valence-corrected chi connectivity index (χ1v) is 7.98. The van der Waals surface area contributed by atoms with Crippen LogP contribution in [-0.2, 0) is 6.42 Å². The number of aromatic amines is 1. The zero-order chi connectivity index (χ0) is 13.2. The Morgan fingerprint density at radius 2 is 2.37 bits per heavy atom. The van der Waals surface area contributed by atoms with Gasteiger partial charge in [-0.15, -0.1) is 27.8 Å². The summed E-state index contributed by atoms with van der Waals surface area (Å²) >= 11 is 8.21. The molecule has 0 radical (unpaired) electrons. The zero-order valence-corrected chi connectivity index (χ0v) is 12.6. The first-order valence-electron chi connectivity index (χ1n) is 5.87. The van der Waals surface area contributed by atoms with E-state index in [1.165, 1.54) is 4.88 Å². The van der Waals surface area contributed by atoms with Crippen LogP contribution >= 0.6 is 34.9 Å². The van der Waals surface area contributed by atoms with Gasteiger partial charge in [-0.2, -0.15) is 0 Å². The second-order valence-corrected chi connectivity index (χ2v) is 6.26. The summed E-state index contributed by atoms with van der Waals surface area (Å²) in [5.41, 5.74) is 1.03. The molecule has 0 aromatic carbocycles. The summed E-state index contributed by atoms with van der Waals surface area (Å²) < 4.78 is 5.41. The second kappa shape index (κ2) is 5.36. The number of rotatable bonds is 4. The van der Waals surface area contributed by atoms with Crippen molar-refractivity contribution >= 4 is 34.9 Å². The van der Waals surface area contributed by atoms with Crippen LogP contribution in [0, 0.1) is 4.84 Å². The van der Waals surface area contributed by atoms with E-state index < -0.39 is 0 Å². The van der Waals surface area contributed by atoms with Gasteiger partial charge in [0.15, 0.2) is 0 Å². The first kappa shape index (κ1) is 12.7. The third kappa shape index (κ3) is 2.54. The van der Waals surface area contributed by atoms with Crippen molar-refractivity contribution in [1.29, 1.82) is 0 Å². The van der Waals surface area contributed by atoms with Crippen LogP contribution in [0.3, 0.4) is 0 Å². The van der Waals surface area contributed by atoms with Gasteiger partial charge in [-0.05, 0) is 30.1 Å². The molecule has 19 heavy (non-hydrogen) atoms. The van der Waals surface area contributed by atoms with E-state index in [2.05, 4.69) is 28.6 Å². The standard InChI is InChI=1S/C12H11N3OS3/c1-2-4-7-9(10-14-15-12(17)16-10)19-11(13-7)8-5-3-6-18-8/h3,5-6H,2,4H2,1H3,(H,15,17). The van der Waals surface area contributed by atoms with Gasteiger partial charge in [-0.1, -0.05) is 19.4 Å². The number of aromatic nitrogens is 3. The van der Waals surface area contributed by atoms with Crippen molar-refractivity contribution in [1.82, 2.24) is 15.2 Å². The highest BCUT2D eigenvalue weighted by molar-refractivity contribution is 7.71. The Hall–Kier alpha value is -1.31. The van der Waals surface area contributed by atoms with Gasteiger partial charge in [0.25, 0.3) is 10.7 Å². The second-order valence-electron chi connectivity index (χ2n) is 3.94. The van der Waals surface area contributed by atoms with Gasteiger partial charge >= 0.3 is 0 Å². The maximum absolute atomic E-state index is 5.41. The van der Waals surface area contributed by atoms with Crippen LogP contribution in [0.1, 0.15) is 19.0 Å². The van der Waals surface area contributed by atoms with E-state index in [4.69, 9.17) is 21.6 Å². The van der Waals surface area contributed by atoms with Gasteiger partial charge in [0.2, 0.25) is 0 Å². The van der Waals surface area contributed by atoms with E-state index in [1.807, 2.05) is 6.07 Å². The lowest BCUT2D eigenvalue weighted by Crippen LogP contribution is -1.87. The molecule has 0 bridgehead atoms. The van der Waals surface area contributed by atoms with E-state index in [0.717, 1.165) is 28.4 Å². The number of thiophene rings is 1. The normalized spacial score (nSPS) is 11.0. The molecule has 4 nitrogen and oxygen atoms in total. The highest BCUT2D eigenvalue weighted by Crippen LogP contribution is 2.36. The van der Waals surface area contributed by atoms with Crippen molar-refractivity contribution in [2.45, 2.75) is 19.8 Å². The minimum absolute atomic E-state index is 0.295. The lowest BCUT2D eigenvalue weighted by Gasteiger charge is -1.94. The number of hydrogen-bond acceptors (Lipinski definition) is 6. The molecule has 0 saturated heterocycles. The topological polar surface area (TPSA) is 54.7 Å². The minimum Gasteiger partial charge on any atom is -0.408 e. The van der Waals surface area contributed by atoms with Crippen LogP contribution in [0.2, 0.25) is 0 Å². The summed E-state index contributed by atoms with van der Waals surface area (Å²) in [5.74, 6) is 0.536. The lowest BCUT2D eigenvalue weighted by molar-refractivity contribution is 0.552. The fraction of sp³-hybridized carbons (Fsp3) is 0.250. The summed E-state index contributed by atoms with van der Waals surface area (Å²) in [7, 11) is 0. The van der Waals surface area contributed by atoms with E-state index >= 15 is 0 Å². The maximum atomic E-state index is 5.41. The van der Waals surface area contributed by atoms with Gasteiger partial charge in [0.05, 0.1) is 10.6 Å². The molecule has 3 aromatic heterocycles. The molecule has 0 aliphatic carbocycles. The van der Waals surface area contributed by atoms with Gasteiger partial charge in [0.1, 0.15) is 9.88 Å². The smallest absolute Gasteiger partial charge is 0.284 e. The number of nitrogens with one attached hydrogen (secondary N) is 1. The third-order valence-electron chi connectivity index (χ3n) is 2.55. The summed E-state index contributed by atoms with van der Waals surface area (Å²) in [5, 5.41) is 9.83. The molecule has 0 saturated carbocycles. The first-order chi connectivity index (χ1) is 9.28. The van der Waals surface area contributed by atoms with Crippen LogP contribution in [0.25, 0.3) is 20.7 Å². The zero-order valence-electron chi connectivity index (χ0n) is 10.2. The summed E-state index contributed by atoms with van der Waals surface area (Å²) in [6.45, 7) is 2.13. The third-order valence-corrected chi connectivity index (χ3v) is 4.85. The van der Waals surface area contributed by atoms with Crippen molar-refractivity contribution in [3.8, 4) is 20.7 Å². The van der Waals surface area contributed by atoms with Crippen LogP contribution < -0.4 is 0 Å². The van der Waals surface area contributed by atoms with Crippen molar-refractivity contribution in [3.63, 3.8) is 0 Å². The molecule has 0 atom stereocenters. The molecular weight excluding hydrogens is 298 g/mol. The Balaban J connectivity index is 2.09. The quantitative estimate of drug-likeness (QED) is 0.719. The lowest BCUT2D eigenvalue weighted by atomic mass is 10.2. The Morgan fingerprint density at radius 1 is 1.47 bits per heavy atom. The molecule has 0 fully saturated rings. The number of nitrogens with zero attached hydrogens (tertiary/aromatic N) is 2. The van der Waals surface area contributed by atoms with E-state index in [9.17, 15) is 0 Å². The maximum Gasteiger partial charge on any atom is 0.284 e. The molecule has 3 aromatic rings. The molecule has 0 unspecified atom stereocenters. The Kier molecular flexibility index (Phi) is 3.58. The summed E-state index contributed by atoms with van der Waals surface area (Å²) in [6, 6.07) is 4.10. The van der Waals surface area contributed by atoms with Gasteiger partial charge in [0, 0.05) is 0 Å². The largest absolute Gasteiger partial charge is 0.408 e. The minimum atomic E-state index is 0.295. The van der Waals surface area contributed by atoms with Crippen LogP contribution in [0.4, 0.5) is 0 Å². The van der Waals surface area contributed by atoms with Crippen molar-refractivity contribution in [2.75, 3.05) is 0 Å². The highest BCUT2D eigenvalue weighted by atomic mass is 32.1. The summed E-state index contributed by atoms with van der Waals surface area (Å²) in [6.07, 6.45) is 1.94. The summed E-state index contributed by atoms with van der Waals surface area (Å²) in [4.78, 5) is 7.14. The van der Waals surface area contributed by atoms with E-state index in [1.54, 1.807) is 22.7 Å². The number of H-pyrrole nitrogens is 1. The molecular formula is C12H11N3OS3. The predicted molar refractivity (Wildman–Crippen MR) is 80.1 cm³/mol. The average molecular weight is 309 g/mol. The van der Waals surface area contributed by atoms with Crippen LogP contribution in [-0.4, -0.2) is 15.2 Å². The fourth-order valence-electron chi connectivity index (χ4n) is 1.76. The van der Waals surface area contributed by atoms with Crippen LogP contribution in [0.15, 0.2) is 21.9 Å². The molecule has 0 spiro atoms. The van der Waals surface area contributed by atoms with Crippen LogP contribution in [0.5, 0.6) is 0 Å². The Morgan fingerprint density at radius 3 is 3.00 bits per heavy atom. The molecule has 1 N–H and O–H groups in total. The molecule has 3 heterocycles. The van der Waals surface area contributed by atoms with Gasteiger partial charge < -0.3 is 4.42 Å². The monoisotopic (exact) mass is 309 g/mol. The Labute approximate surface area is 123 Å². The molecule has 0 aliphatic heterocycles. The SMILES string of the molecule is CCCc1nc(-c2cccs2)sc1-c1n[nH]c(=S)o1.